The fraction of sp³-hybridized carbons (Fsp3) is 0.400. The topological polar surface area (TPSA) is 85.5 Å². The molecule has 1 aliphatic rings. The first-order chi connectivity index (χ1) is 13.3. The molecular weight excluding hydrogens is 357 g/mol. The second-order valence-corrected chi connectivity index (χ2v) is 7.75. The molecule has 1 aromatic heterocycles. The number of hydrogen-bond donors (Lipinski definition) is 2. The van der Waals surface area contributed by atoms with Gasteiger partial charge in [0.2, 0.25) is 0 Å². The van der Waals surface area contributed by atoms with E-state index in [9.17, 15) is 4.79 Å². The highest BCUT2D eigenvalue weighted by Crippen LogP contribution is 2.38. The fourth-order valence-corrected chi connectivity index (χ4v) is 2.70. The highest BCUT2D eigenvalue weighted by molar-refractivity contribution is 6.56. The molecule has 3 rings (SSSR count). The van der Waals surface area contributed by atoms with Crippen molar-refractivity contribution in [2.24, 2.45) is 0 Å². The molecule has 0 radical (unpaired) electrons. The third-order valence-electron chi connectivity index (χ3n) is 5.08. The van der Waals surface area contributed by atoms with Gasteiger partial charge in [0.25, 0.3) is 0 Å². The zero-order chi connectivity index (χ0) is 20.2. The third-order valence-corrected chi connectivity index (χ3v) is 5.08. The number of aromatic nitrogens is 2. The molecule has 28 heavy (non-hydrogen) atoms. The number of H-pyrrole nitrogens is 1. The van der Waals surface area contributed by atoms with Gasteiger partial charge in [-0.15, -0.1) is 0 Å². The number of benzene rings is 1. The molecule has 0 unspecified atom stereocenters. The van der Waals surface area contributed by atoms with E-state index in [-0.39, 0.29) is 13.2 Å². The lowest BCUT2D eigenvalue weighted by Crippen LogP contribution is -2.41. The van der Waals surface area contributed by atoms with Crippen LogP contribution in [0.2, 0.25) is 0 Å². The van der Waals surface area contributed by atoms with E-state index >= 15 is 0 Å². The molecule has 2 heterocycles. The van der Waals surface area contributed by atoms with Crippen LogP contribution < -0.4 is 5.32 Å². The van der Waals surface area contributed by atoms with Crippen molar-refractivity contribution in [3.8, 4) is 0 Å². The Morgan fingerprint density at radius 3 is 2.50 bits per heavy atom. The van der Waals surface area contributed by atoms with Crippen molar-refractivity contribution in [1.82, 2.24) is 15.5 Å². The predicted molar refractivity (Wildman–Crippen MR) is 107 cm³/mol. The first-order valence-electron chi connectivity index (χ1n) is 9.26. The third kappa shape index (κ3) is 4.82. The zero-order valence-electron chi connectivity index (χ0n) is 16.7. The maximum atomic E-state index is 12.1. The maximum Gasteiger partial charge on any atom is 0.492 e. The molecular formula is C20H26BN3O4. The molecule has 8 heteroatoms. The molecule has 1 aliphatic heterocycles. The van der Waals surface area contributed by atoms with E-state index in [1.165, 1.54) is 0 Å². The molecule has 1 saturated heterocycles. The molecule has 2 N–H and O–H groups in total. The molecule has 0 aliphatic carbocycles. The van der Waals surface area contributed by atoms with Crippen LogP contribution in [0.4, 0.5) is 4.79 Å². The van der Waals surface area contributed by atoms with Crippen molar-refractivity contribution in [3.63, 3.8) is 0 Å². The standard InChI is InChI=1S/C20H26BN3O4/c1-19(2)20(3,4)28-21(27-19)17(10-16-11-23-24-12-16)13-22-18(25)26-14-15-8-6-5-7-9-15/h5-12H,13-14H2,1-4H3,(H,22,25)(H,23,24). The van der Waals surface area contributed by atoms with Crippen LogP contribution in [0.5, 0.6) is 0 Å². The van der Waals surface area contributed by atoms with Crippen molar-refractivity contribution >= 4 is 19.3 Å². The van der Waals surface area contributed by atoms with Gasteiger partial charge in [0.05, 0.1) is 17.4 Å². The van der Waals surface area contributed by atoms with Crippen LogP contribution >= 0.6 is 0 Å². The smallest absolute Gasteiger partial charge is 0.445 e. The summed E-state index contributed by atoms with van der Waals surface area (Å²) in [6.45, 7) is 8.40. The number of carbonyl (C=O) groups is 1. The highest BCUT2D eigenvalue weighted by Gasteiger charge is 2.52. The average molecular weight is 383 g/mol. The first-order valence-corrected chi connectivity index (χ1v) is 9.26. The molecule has 7 nitrogen and oxygen atoms in total. The Morgan fingerprint density at radius 1 is 1.21 bits per heavy atom. The summed E-state index contributed by atoms with van der Waals surface area (Å²) in [6.07, 6.45) is 4.85. The molecule has 1 aromatic carbocycles. The monoisotopic (exact) mass is 383 g/mol. The summed E-state index contributed by atoms with van der Waals surface area (Å²) in [5, 5.41) is 9.50. The lowest BCUT2D eigenvalue weighted by atomic mass is 9.77. The SMILES string of the molecule is CC1(C)OB(C(=Cc2cn[nH]c2)CNC(=O)OCc2ccccc2)OC1(C)C. The summed E-state index contributed by atoms with van der Waals surface area (Å²) in [6, 6.07) is 9.53. The second-order valence-electron chi connectivity index (χ2n) is 7.75. The van der Waals surface area contributed by atoms with E-state index in [1.807, 2.05) is 64.1 Å². The van der Waals surface area contributed by atoms with Gasteiger partial charge in [0, 0.05) is 18.3 Å². The molecule has 1 fully saturated rings. The van der Waals surface area contributed by atoms with Gasteiger partial charge in [0.1, 0.15) is 6.61 Å². The van der Waals surface area contributed by atoms with Crippen molar-refractivity contribution in [3.05, 3.63) is 59.3 Å². The van der Waals surface area contributed by atoms with Crippen LogP contribution in [0.3, 0.4) is 0 Å². The number of ether oxygens (including phenoxy) is 1. The number of aromatic amines is 1. The first kappa shape index (κ1) is 20.2. The number of hydrogen-bond acceptors (Lipinski definition) is 5. The van der Waals surface area contributed by atoms with Crippen LogP contribution in [0, 0.1) is 0 Å². The van der Waals surface area contributed by atoms with Gasteiger partial charge in [-0.1, -0.05) is 36.4 Å². The Morgan fingerprint density at radius 2 is 1.89 bits per heavy atom. The van der Waals surface area contributed by atoms with Crippen molar-refractivity contribution in [2.45, 2.75) is 45.5 Å². The average Bonchev–Trinajstić information content (AvgIpc) is 3.23. The van der Waals surface area contributed by atoms with Gasteiger partial charge in [-0.3, -0.25) is 5.10 Å². The minimum atomic E-state index is -0.575. The summed E-state index contributed by atoms with van der Waals surface area (Å²) in [4.78, 5) is 12.1. The van der Waals surface area contributed by atoms with E-state index < -0.39 is 24.4 Å². The van der Waals surface area contributed by atoms with Gasteiger partial charge >= 0.3 is 13.2 Å². The number of alkyl carbamates (subject to hydrolysis) is 1. The lowest BCUT2D eigenvalue weighted by Gasteiger charge is -2.32. The quantitative estimate of drug-likeness (QED) is 0.748. The largest absolute Gasteiger partial charge is 0.492 e. The van der Waals surface area contributed by atoms with Crippen LogP contribution in [0.25, 0.3) is 6.08 Å². The number of rotatable bonds is 6. The molecule has 0 bridgehead atoms. The van der Waals surface area contributed by atoms with Gasteiger partial charge in [-0.2, -0.15) is 5.10 Å². The van der Waals surface area contributed by atoms with Crippen LogP contribution in [0.1, 0.15) is 38.8 Å². The summed E-state index contributed by atoms with van der Waals surface area (Å²) < 4.78 is 17.5. The zero-order valence-corrected chi connectivity index (χ0v) is 16.7. The number of nitrogens with one attached hydrogen (secondary N) is 2. The molecule has 148 valence electrons. The molecule has 2 aromatic rings. The van der Waals surface area contributed by atoms with Crippen LogP contribution in [-0.2, 0) is 20.7 Å². The fourth-order valence-electron chi connectivity index (χ4n) is 2.70. The Bertz CT molecular complexity index is 803. The Balaban J connectivity index is 1.64. The molecule has 0 atom stereocenters. The Labute approximate surface area is 165 Å². The van der Waals surface area contributed by atoms with Crippen molar-refractivity contribution in [1.29, 1.82) is 0 Å². The van der Waals surface area contributed by atoms with Gasteiger partial charge in [-0.05, 0) is 38.7 Å². The van der Waals surface area contributed by atoms with Gasteiger partial charge in [0.15, 0.2) is 0 Å². The number of nitrogens with zero attached hydrogens (tertiary/aromatic N) is 1. The van der Waals surface area contributed by atoms with Gasteiger partial charge in [-0.25, -0.2) is 4.79 Å². The second kappa shape index (κ2) is 8.20. The maximum absolute atomic E-state index is 12.1. The summed E-state index contributed by atoms with van der Waals surface area (Å²) in [7, 11) is -0.575. The summed E-state index contributed by atoms with van der Waals surface area (Å²) in [5.41, 5.74) is 1.63. The number of amides is 1. The molecule has 0 spiro atoms. The van der Waals surface area contributed by atoms with Crippen LogP contribution in [-0.4, -0.2) is 41.2 Å². The predicted octanol–water partition coefficient (Wildman–Crippen LogP) is 3.35. The van der Waals surface area contributed by atoms with Crippen molar-refractivity contribution in [2.75, 3.05) is 6.54 Å². The highest BCUT2D eigenvalue weighted by atomic mass is 16.7. The number of carbonyl (C=O) groups excluding carboxylic acids is 1. The lowest BCUT2D eigenvalue weighted by molar-refractivity contribution is 0.00578. The minimum absolute atomic E-state index is 0.212. The summed E-state index contributed by atoms with van der Waals surface area (Å²) in [5.74, 6) is 0. The van der Waals surface area contributed by atoms with E-state index in [1.54, 1.807) is 12.4 Å². The molecule has 1 amide bonds. The Kier molecular flexibility index (Phi) is 5.91. The minimum Gasteiger partial charge on any atom is -0.445 e. The normalized spacial score (nSPS) is 18.1. The van der Waals surface area contributed by atoms with E-state index in [2.05, 4.69) is 15.5 Å². The van der Waals surface area contributed by atoms with E-state index in [4.69, 9.17) is 14.0 Å². The van der Waals surface area contributed by atoms with Crippen molar-refractivity contribution < 1.29 is 18.8 Å². The molecule has 0 saturated carbocycles. The van der Waals surface area contributed by atoms with E-state index in [0.29, 0.717) is 0 Å². The van der Waals surface area contributed by atoms with E-state index in [0.717, 1.165) is 16.6 Å². The Hall–Kier alpha value is -2.58. The summed E-state index contributed by atoms with van der Waals surface area (Å²) >= 11 is 0. The van der Waals surface area contributed by atoms with Gasteiger partial charge < -0.3 is 19.4 Å². The van der Waals surface area contributed by atoms with Crippen LogP contribution in [0.15, 0.2) is 48.2 Å².